The molecule has 1 aromatic rings. The minimum absolute atomic E-state index is 0.00306. The number of nitrogens with zero attached hydrogens (tertiary/aromatic N) is 2. The number of nitro benzene ring substituents is 1. The lowest BCUT2D eigenvalue weighted by atomic mass is 10.1. The summed E-state index contributed by atoms with van der Waals surface area (Å²) in [5.74, 6) is -1.14. The van der Waals surface area contributed by atoms with Crippen LogP contribution in [0.1, 0.15) is 23.7 Å². The first-order valence-electron chi connectivity index (χ1n) is 5.79. The van der Waals surface area contributed by atoms with Gasteiger partial charge in [-0.25, -0.2) is 4.79 Å². The Labute approximate surface area is 109 Å². The van der Waals surface area contributed by atoms with Crippen molar-refractivity contribution in [2.45, 2.75) is 18.9 Å². The zero-order valence-electron chi connectivity index (χ0n) is 10.4. The molecule has 0 saturated carbocycles. The van der Waals surface area contributed by atoms with Gasteiger partial charge < -0.3 is 15.1 Å². The number of nitro groups is 1. The van der Waals surface area contributed by atoms with Crippen molar-refractivity contribution in [3.8, 4) is 0 Å². The van der Waals surface area contributed by atoms with E-state index in [1.807, 2.05) is 0 Å². The standard InChI is InChI=1S/C12H14N2O5/c1-12(17)4-5-13(7-12)10-6-8(14(18)19)2-3-9(10)11(15)16/h2-3,6,17H,4-5,7H2,1H3,(H,15,16). The van der Waals surface area contributed by atoms with Gasteiger partial charge in [-0.15, -0.1) is 0 Å². The highest BCUT2D eigenvalue weighted by atomic mass is 16.6. The Kier molecular flexibility index (Phi) is 3.15. The van der Waals surface area contributed by atoms with Crippen molar-refractivity contribution in [3.63, 3.8) is 0 Å². The van der Waals surface area contributed by atoms with Gasteiger partial charge in [-0.05, 0) is 19.4 Å². The van der Waals surface area contributed by atoms with Crippen molar-refractivity contribution < 1.29 is 19.9 Å². The summed E-state index contributed by atoms with van der Waals surface area (Å²) >= 11 is 0. The molecule has 1 heterocycles. The second kappa shape index (κ2) is 4.51. The van der Waals surface area contributed by atoms with E-state index >= 15 is 0 Å². The summed E-state index contributed by atoms with van der Waals surface area (Å²) in [6.45, 7) is 2.38. The molecular formula is C12H14N2O5. The van der Waals surface area contributed by atoms with Crippen molar-refractivity contribution in [3.05, 3.63) is 33.9 Å². The largest absolute Gasteiger partial charge is 0.478 e. The molecule has 7 heteroatoms. The first kappa shape index (κ1) is 13.3. The number of β-amino-alcohol motifs (C(OH)–C–C–N with tert-alkyl or cyclic N) is 1. The third kappa shape index (κ3) is 2.65. The van der Waals surface area contributed by atoms with Crippen LogP contribution in [0.5, 0.6) is 0 Å². The average molecular weight is 266 g/mol. The minimum Gasteiger partial charge on any atom is -0.478 e. The maximum atomic E-state index is 11.2. The van der Waals surface area contributed by atoms with E-state index in [0.717, 1.165) is 0 Å². The molecule has 1 aliphatic heterocycles. The van der Waals surface area contributed by atoms with Gasteiger partial charge in [0.15, 0.2) is 0 Å². The Morgan fingerprint density at radius 2 is 2.21 bits per heavy atom. The molecule has 102 valence electrons. The van der Waals surface area contributed by atoms with Crippen molar-refractivity contribution in [2.75, 3.05) is 18.0 Å². The second-order valence-electron chi connectivity index (χ2n) is 4.93. The Morgan fingerprint density at radius 3 is 2.68 bits per heavy atom. The number of carbonyl (C=O) groups is 1. The molecule has 1 unspecified atom stereocenters. The predicted octanol–water partition coefficient (Wildman–Crippen LogP) is 1.25. The fraction of sp³-hybridized carbons (Fsp3) is 0.417. The first-order chi connectivity index (χ1) is 8.80. The summed E-state index contributed by atoms with van der Waals surface area (Å²) in [4.78, 5) is 23.0. The van der Waals surface area contributed by atoms with Crippen molar-refractivity contribution in [1.29, 1.82) is 0 Å². The van der Waals surface area contributed by atoms with Crippen LogP contribution in [0.2, 0.25) is 0 Å². The van der Waals surface area contributed by atoms with Gasteiger partial charge in [0, 0.05) is 25.2 Å². The van der Waals surface area contributed by atoms with Crippen LogP contribution in [-0.4, -0.2) is 39.8 Å². The van der Waals surface area contributed by atoms with Gasteiger partial charge >= 0.3 is 5.97 Å². The van der Waals surface area contributed by atoms with Gasteiger partial charge in [0.1, 0.15) is 0 Å². The van der Waals surface area contributed by atoms with Gasteiger partial charge in [-0.1, -0.05) is 0 Å². The number of carboxylic acids is 1. The van der Waals surface area contributed by atoms with Crippen molar-refractivity contribution >= 4 is 17.3 Å². The molecule has 1 fully saturated rings. The summed E-state index contributed by atoms with van der Waals surface area (Å²) in [6.07, 6.45) is 0.495. The van der Waals surface area contributed by atoms with Crippen LogP contribution in [0.3, 0.4) is 0 Å². The highest BCUT2D eigenvalue weighted by molar-refractivity contribution is 5.95. The lowest BCUT2D eigenvalue weighted by Crippen LogP contribution is -2.30. The van der Waals surface area contributed by atoms with Crippen LogP contribution >= 0.6 is 0 Å². The summed E-state index contributed by atoms with van der Waals surface area (Å²) in [5.41, 5.74) is -0.783. The Balaban J connectivity index is 2.44. The van der Waals surface area contributed by atoms with E-state index in [1.54, 1.807) is 11.8 Å². The van der Waals surface area contributed by atoms with E-state index in [0.29, 0.717) is 13.0 Å². The number of rotatable bonds is 3. The van der Waals surface area contributed by atoms with Gasteiger partial charge in [-0.3, -0.25) is 10.1 Å². The number of aliphatic hydroxyl groups is 1. The maximum Gasteiger partial charge on any atom is 0.337 e. The number of non-ortho nitro benzene ring substituents is 1. The fourth-order valence-corrected chi connectivity index (χ4v) is 2.23. The molecule has 0 spiro atoms. The quantitative estimate of drug-likeness (QED) is 0.630. The zero-order valence-corrected chi connectivity index (χ0v) is 10.4. The molecule has 0 aliphatic carbocycles. The molecule has 2 rings (SSSR count). The monoisotopic (exact) mass is 266 g/mol. The van der Waals surface area contributed by atoms with Crippen LogP contribution in [-0.2, 0) is 0 Å². The molecule has 0 aromatic heterocycles. The Hall–Kier alpha value is -2.15. The highest BCUT2D eigenvalue weighted by Crippen LogP contribution is 2.31. The molecule has 19 heavy (non-hydrogen) atoms. The van der Waals surface area contributed by atoms with E-state index in [9.17, 15) is 20.0 Å². The summed E-state index contributed by atoms with van der Waals surface area (Å²) < 4.78 is 0. The van der Waals surface area contributed by atoms with E-state index in [-0.39, 0.29) is 23.5 Å². The lowest BCUT2D eigenvalue weighted by molar-refractivity contribution is -0.384. The zero-order chi connectivity index (χ0) is 14.2. The predicted molar refractivity (Wildman–Crippen MR) is 67.5 cm³/mol. The van der Waals surface area contributed by atoms with E-state index in [2.05, 4.69) is 0 Å². The van der Waals surface area contributed by atoms with Crippen molar-refractivity contribution in [1.82, 2.24) is 0 Å². The lowest BCUT2D eigenvalue weighted by Gasteiger charge is -2.22. The number of hydrogen-bond acceptors (Lipinski definition) is 5. The van der Waals surface area contributed by atoms with Crippen LogP contribution < -0.4 is 4.90 Å². The average Bonchev–Trinajstić information content (AvgIpc) is 2.68. The molecule has 0 bridgehead atoms. The van der Waals surface area contributed by atoms with E-state index in [4.69, 9.17) is 5.11 Å². The van der Waals surface area contributed by atoms with Crippen LogP contribution in [0.4, 0.5) is 11.4 Å². The molecule has 1 saturated heterocycles. The molecule has 0 radical (unpaired) electrons. The number of hydrogen-bond donors (Lipinski definition) is 2. The maximum absolute atomic E-state index is 11.2. The van der Waals surface area contributed by atoms with E-state index in [1.165, 1.54) is 18.2 Å². The molecule has 7 nitrogen and oxygen atoms in total. The fourth-order valence-electron chi connectivity index (χ4n) is 2.23. The first-order valence-corrected chi connectivity index (χ1v) is 5.79. The van der Waals surface area contributed by atoms with Gasteiger partial charge in [0.2, 0.25) is 0 Å². The van der Waals surface area contributed by atoms with Crippen LogP contribution in [0.25, 0.3) is 0 Å². The molecule has 1 aromatic carbocycles. The number of anilines is 1. The number of aromatic carboxylic acids is 1. The summed E-state index contributed by atoms with van der Waals surface area (Å²) in [7, 11) is 0. The topological polar surface area (TPSA) is 104 Å². The molecule has 0 amide bonds. The number of carboxylic acid groups (broad SMARTS) is 1. The van der Waals surface area contributed by atoms with Gasteiger partial charge in [0.25, 0.3) is 5.69 Å². The minimum atomic E-state index is -1.14. The molecular weight excluding hydrogens is 252 g/mol. The van der Waals surface area contributed by atoms with Crippen LogP contribution in [0.15, 0.2) is 18.2 Å². The Bertz CT molecular complexity index is 541. The Morgan fingerprint density at radius 1 is 1.53 bits per heavy atom. The molecule has 2 N–H and O–H groups in total. The molecule has 1 aliphatic rings. The van der Waals surface area contributed by atoms with E-state index < -0.39 is 16.5 Å². The van der Waals surface area contributed by atoms with Gasteiger partial charge in [-0.2, -0.15) is 0 Å². The SMILES string of the molecule is CC1(O)CCN(c2cc([N+](=O)[O-])ccc2C(=O)O)C1. The van der Waals surface area contributed by atoms with Gasteiger partial charge in [0.05, 0.1) is 21.8 Å². The van der Waals surface area contributed by atoms with Crippen molar-refractivity contribution in [2.24, 2.45) is 0 Å². The summed E-state index contributed by atoms with van der Waals surface area (Å²) in [6, 6.07) is 3.63. The highest BCUT2D eigenvalue weighted by Gasteiger charge is 2.33. The second-order valence-corrected chi connectivity index (χ2v) is 4.93. The molecule has 1 atom stereocenters. The normalized spacial score (nSPS) is 22.5. The van der Waals surface area contributed by atoms with Crippen LogP contribution in [0, 0.1) is 10.1 Å². The number of benzene rings is 1. The smallest absolute Gasteiger partial charge is 0.337 e. The third-order valence-corrected chi connectivity index (χ3v) is 3.22. The third-order valence-electron chi connectivity index (χ3n) is 3.22. The summed E-state index contributed by atoms with van der Waals surface area (Å²) in [5, 5.41) is 29.8.